The molecule has 0 unspecified atom stereocenters. The third kappa shape index (κ3) is 5.04. The summed E-state index contributed by atoms with van der Waals surface area (Å²) >= 11 is 8.61. The molecule has 0 heterocycles. The summed E-state index contributed by atoms with van der Waals surface area (Å²) in [6.07, 6.45) is 0. The molecule has 2 aromatic rings. The van der Waals surface area contributed by atoms with E-state index in [1.54, 1.807) is 18.2 Å². The molecule has 0 aliphatic carbocycles. The highest BCUT2D eigenvalue weighted by atomic mass is 79.9. The summed E-state index contributed by atoms with van der Waals surface area (Å²) in [5.41, 5.74) is 2.36. The van der Waals surface area contributed by atoms with Crippen molar-refractivity contribution in [3.63, 3.8) is 0 Å². The number of carbonyl (C=O) groups excluding carboxylic acids is 1. The van der Waals surface area contributed by atoms with Crippen molar-refractivity contribution in [2.24, 2.45) is 0 Å². The smallest absolute Gasteiger partial charge is 0.257 e. The molecule has 0 aliphatic rings. The van der Waals surface area contributed by atoms with Gasteiger partial charge in [-0.15, -0.1) is 0 Å². The van der Waals surface area contributed by atoms with Crippen LogP contribution in [0.25, 0.3) is 0 Å². The Labute approximate surface area is 149 Å². The fourth-order valence-corrected chi connectivity index (χ4v) is 2.67. The van der Waals surface area contributed by atoms with Crippen LogP contribution in [-0.4, -0.2) is 17.6 Å². The van der Waals surface area contributed by atoms with Crippen LogP contribution < -0.4 is 15.4 Å². The number of thiocarbonyl (C=S) groups is 1. The van der Waals surface area contributed by atoms with Crippen LogP contribution in [0.2, 0.25) is 0 Å². The zero-order chi connectivity index (χ0) is 16.8. The largest absolute Gasteiger partial charge is 0.494 e. The van der Waals surface area contributed by atoms with Gasteiger partial charge in [0, 0.05) is 15.7 Å². The molecule has 120 valence electrons. The minimum atomic E-state index is -0.279. The van der Waals surface area contributed by atoms with Gasteiger partial charge in [-0.3, -0.25) is 10.1 Å². The van der Waals surface area contributed by atoms with E-state index in [9.17, 15) is 4.79 Å². The lowest BCUT2D eigenvalue weighted by atomic mass is 10.2. The van der Waals surface area contributed by atoms with Crippen LogP contribution in [0.4, 0.5) is 5.69 Å². The van der Waals surface area contributed by atoms with Gasteiger partial charge in [-0.1, -0.05) is 22.0 Å². The van der Waals surface area contributed by atoms with Crippen molar-refractivity contribution < 1.29 is 9.53 Å². The Hall–Kier alpha value is -1.92. The molecule has 0 aromatic heterocycles. The summed E-state index contributed by atoms with van der Waals surface area (Å²) in [6, 6.07) is 12.8. The standard InChI is InChI=1S/C17H17BrN2O2S/c1-3-22-14-6-4-5-12(10-14)16(21)20-17(23)19-15-8-7-13(18)9-11(15)2/h4-10H,3H2,1-2H3,(H2,19,20,21,23). The zero-order valence-electron chi connectivity index (χ0n) is 12.9. The Morgan fingerprint density at radius 2 is 2.04 bits per heavy atom. The number of aryl methyl sites for hydroxylation is 1. The lowest BCUT2D eigenvalue weighted by molar-refractivity contribution is 0.0977. The van der Waals surface area contributed by atoms with Crippen molar-refractivity contribution in [3.8, 4) is 5.75 Å². The second-order valence-corrected chi connectivity index (χ2v) is 6.15. The van der Waals surface area contributed by atoms with Crippen LogP contribution in [0.15, 0.2) is 46.9 Å². The molecule has 0 atom stereocenters. The maximum absolute atomic E-state index is 12.2. The summed E-state index contributed by atoms with van der Waals surface area (Å²) in [4.78, 5) is 12.2. The van der Waals surface area contributed by atoms with Crippen molar-refractivity contribution in [3.05, 3.63) is 58.1 Å². The van der Waals surface area contributed by atoms with E-state index in [2.05, 4.69) is 26.6 Å². The third-order valence-electron chi connectivity index (χ3n) is 3.07. The number of hydrogen-bond donors (Lipinski definition) is 2. The van der Waals surface area contributed by atoms with Gasteiger partial charge in [0.15, 0.2) is 5.11 Å². The molecule has 0 saturated carbocycles. The van der Waals surface area contributed by atoms with Gasteiger partial charge in [0.05, 0.1) is 6.61 Å². The highest BCUT2D eigenvalue weighted by molar-refractivity contribution is 9.10. The predicted octanol–water partition coefficient (Wildman–Crippen LogP) is 4.28. The Kier molecular flexibility index (Phi) is 6.12. The average molecular weight is 393 g/mol. The topological polar surface area (TPSA) is 50.4 Å². The lowest BCUT2D eigenvalue weighted by Gasteiger charge is -2.12. The van der Waals surface area contributed by atoms with Gasteiger partial charge in [-0.2, -0.15) is 0 Å². The second-order valence-electron chi connectivity index (χ2n) is 4.83. The molecule has 0 radical (unpaired) electrons. The van der Waals surface area contributed by atoms with Crippen molar-refractivity contribution in [1.29, 1.82) is 0 Å². The summed E-state index contributed by atoms with van der Waals surface area (Å²) < 4.78 is 6.38. The number of rotatable bonds is 4. The number of ether oxygens (including phenoxy) is 1. The van der Waals surface area contributed by atoms with E-state index in [0.717, 1.165) is 15.7 Å². The quantitative estimate of drug-likeness (QED) is 0.762. The molecule has 23 heavy (non-hydrogen) atoms. The molecular formula is C17H17BrN2O2S. The van der Waals surface area contributed by atoms with Crippen molar-refractivity contribution in [2.45, 2.75) is 13.8 Å². The van der Waals surface area contributed by atoms with Crippen molar-refractivity contribution in [2.75, 3.05) is 11.9 Å². The van der Waals surface area contributed by atoms with E-state index < -0.39 is 0 Å². The molecule has 0 fully saturated rings. The first-order valence-corrected chi connectivity index (χ1v) is 8.31. The number of amides is 1. The molecule has 2 rings (SSSR count). The Morgan fingerprint density at radius 3 is 2.74 bits per heavy atom. The first-order chi connectivity index (χ1) is 11.0. The normalized spacial score (nSPS) is 10.0. The van der Waals surface area contributed by atoms with E-state index in [1.807, 2.05) is 38.1 Å². The lowest BCUT2D eigenvalue weighted by Crippen LogP contribution is -2.34. The summed E-state index contributed by atoms with van der Waals surface area (Å²) in [5.74, 6) is 0.376. The van der Waals surface area contributed by atoms with E-state index in [4.69, 9.17) is 17.0 Å². The van der Waals surface area contributed by atoms with Crippen molar-refractivity contribution in [1.82, 2.24) is 5.32 Å². The molecule has 0 bridgehead atoms. The monoisotopic (exact) mass is 392 g/mol. The predicted molar refractivity (Wildman–Crippen MR) is 100 cm³/mol. The average Bonchev–Trinajstić information content (AvgIpc) is 2.51. The highest BCUT2D eigenvalue weighted by Crippen LogP contribution is 2.20. The molecule has 4 nitrogen and oxygen atoms in total. The SMILES string of the molecule is CCOc1cccc(C(=O)NC(=S)Nc2ccc(Br)cc2C)c1. The maximum Gasteiger partial charge on any atom is 0.257 e. The van der Waals surface area contributed by atoms with Gasteiger partial charge in [-0.25, -0.2) is 0 Å². The van der Waals surface area contributed by atoms with Gasteiger partial charge in [0.2, 0.25) is 0 Å². The fourth-order valence-electron chi connectivity index (χ4n) is 1.99. The molecule has 0 aliphatic heterocycles. The molecule has 2 N–H and O–H groups in total. The minimum Gasteiger partial charge on any atom is -0.494 e. The summed E-state index contributed by atoms with van der Waals surface area (Å²) in [5, 5.41) is 5.95. The number of anilines is 1. The van der Waals surface area contributed by atoms with Gasteiger partial charge in [-0.05, 0) is 68.0 Å². The Morgan fingerprint density at radius 1 is 1.26 bits per heavy atom. The van der Waals surface area contributed by atoms with Gasteiger partial charge < -0.3 is 10.1 Å². The third-order valence-corrected chi connectivity index (χ3v) is 3.77. The molecule has 2 aromatic carbocycles. The number of hydrogen-bond acceptors (Lipinski definition) is 3. The van der Waals surface area contributed by atoms with Gasteiger partial charge in [0.1, 0.15) is 5.75 Å². The van der Waals surface area contributed by atoms with Crippen LogP contribution in [0.1, 0.15) is 22.8 Å². The molecular weight excluding hydrogens is 376 g/mol. The van der Waals surface area contributed by atoms with Crippen LogP contribution in [0.3, 0.4) is 0 Å². The molecule has 0 spiro atoms. The molecule has 0 saturated heterocycles. The molecule has 1 amide bonds. The Bertz CT molecular complexity index is 734. The van der Waals surface area contributed by atoms with E-state index in [0.29, 0.717) is 17.9 Å². The van der Waals surface area contributed by atoms with Crippen LogP contribution in [-0.2, 0) is 0 Å². The first-order valence-electron chi connectivity index (χ1n) is 7.11. The number of carbonyl (C=O) groups is 1. The van der Waals surface area contributed by atoms with Crippen LogP contribution in [0, 0.1) is 6.92 Å². The van der Waals surface area contributed by atoms with Gasteiger partial charge in [0.25, 0.3) is 5.91 Å². The first kappa shape index (κ1) is 17.4. The zero-order valence-corrected chi connectivity index (χ0v) is 15.3. The minimum absolute atomic E-state index is 0.252. The summed E-state index contributed by atoms with van der Waals surface area (Å²) in [6.45, 7) is 4.41. The van der Waals surface area contributed by atoms with Crippen molar-refractivity contribution >= 4 is 44.9 Å². The van der Waals surface area contributed by atoms with Crippen LogP contribution in [0.5, 0.6) is 5.75 Å². The summed E-state index contributed by atoms with van der Waals surface area (Å²) in [7, 11) is 0. The fraction of sp³-hybridized carbons (Fsp3) is 0.176. The second kappa shape index (κ2) is 8.08. The van der Waals surface area contributed by atoms with Gasteiger partial charge >= 0.3 is 0 Å². The van der Waals surface area contributed by atoms with E-state index in [-0.39, 0.29) is 11.0 Å². The number of benzene rings is 2. The number of halogens is 1. The molecule has 6 heteroatoms. The van der Waals surface area contributed by atoms with E-state index >= 15 is 0 Å². The maximum atomic E-state index is 12.2. The van der Waals surface area contributed by atoms with E-state index in [1.165, 1.54) is 0 Å². The Balaban J connectivity index is 2.02. The van der Waals surface area contributed by atoms with Crippen LogP contribution >= 0.6 is 28.1 Å². The number of nitrogens with one attached hydrogen (secondary N) is 2. The highest BCUT2D eigenvalue weighted by Gasteiger charge is 2.10.